The Morgan fingerprint density at radius 1 is 1.29 bits per heavy atom. The number of aliphatic hydroxyl groups is 2. The molecule has 0 aromatic rings. The van der Waals surface area contributed by atoms with Gasteiger partial charge >= 0.3 is 5.97 Å². The second-order valence-electron chi connectivity index (χ2n) is 11.5. The molecular weight excluding hydrogens is 478 g/mol. The Balaban J connectivity index is 1.60. The van der Waals surface area contributed by atoms with Crippen LogP contribution in [0.25, 0.3) is 0 Å². The minimum Gasteiger partial charge on any atom is -0.499 e. The van der Waals surface area contributed by atoms with Gasteiger partial charge in [0.2, 0.25) is 5.05 Å². The number of hydrogen-bond acceptors (Lipinski definition) is 6. The lowest BCUT2D eigenvalue weighted by Crippen LogP contribution is -2.70. The molecule has 4 aliphatic carbocycles. The first-order valence-electron chi connectivity index (χ1n) is 12.3. The summed E-state index contributed by atoms with van der Waals surface area (Å²) in [6, 6.07) is 0. The highest BCUT2D eigenvalue weighted by Gasteiger charge is 2.77. The summed E-state index contributed by atoms with van der Waals surface area (Å²) in [5, 5.41) is 21.8. The Morgan fingerprint density at radius 3 is 2.63 bits per heavy atom. The van der Waals surface area contributed by atoms with Gasteiger partial charge in [-0.3, -0.25) is 9.59 Å². The van der Waals surface area contributed by atoms with E-state index >= 15 is 8.78 Å². The molecule has 1 heterocycles. The molecule has 2 unspecified atom stereocenters. The van der Waals surface area contributed by atoms with Crippen LogP contribution in [-0.4, -0.2) is 63.8 Å². The standard InChI is InChI=1S/C26H32F2O6S/c1-13-8-16-17-10-19(27)18-9-15(29)4-6-23(18,2)25(17,28)20(30)11-24(16,3)26(13,22(32)35)34-21(31)14-5-7-33-12-14/h4,6,9,13-14,16-17,19-20,30H,5,7-8,10-12H2,1-3H3,(H,32,35)/t13?,14?,16-,17-,19-,20-,23-,24-,25-,26-/m0/s1. The van der Waals surface area contributed by atoms with Crippen molar-refractivity contribution in [3.63, 3.8) is 0 Å². The number of hydrogen-bond donors (Lipinski definition) is 2. The van der Waals surface area contributed by atoms with Crippen LogP contribution in [0.2, 0.25) is 0 Å². The molecule has 3 saturated carbocycles. The summed E-state index contributed by atoms with van der Waals surface area (Å²) in [7, 11) is 0. The van der Waals surface area contributed by atoms with Gasteiger partial charge in [-0.05, 0) is 68.5 Å². The number of aliphatic hydroxyl groups excluding tert-OH is 2. The summed E-state index contributed by atoms with van der Waals surface area (Å²) in [5.41, 5.74) is -6.46. The molecule has 6 nitrogen and oxygen atoms in total. The van der Waals surface area contributed by atoms with E-state index in [0.717, 1.165) is 6.08 Å². The zero-order chi connectivity index (χ0) is 25.6. The van der Waals surface area contributed by atoms with Crippen LogP contribution in [0.15, 0.2) is 23.8 Å². The zero-order valence-corrected chi connectivity index (χ0v) is 20.9. The fourth-order valence-corrected chi connectivity index (χ4v) is 8.68. The van der Waals surface area contributed by atoms with Crippen LogP contribution in [0, 0.1) is 34.5 Å². The summed E-state index contributed by atoms with van der Waals surface area (Å²) >= 11 is 5.28. The minimum absolute atomic E-state index is 0.0500. The quantitative estimate of drug-likeness (QED) is 0.441. The van der Waals surface area contributed by atoms with Crippen LogP contribution >= 0.6 is 12.2 Å². The fraction of sp³-hybridized carbons (Fsp3) is 0.731. The van der Waals surface area contributed by atoms with Crippen molar-refractivity contribution in [1.29, 1.82) is 0 Å². The summed E-state index contributed by atoms with van der Waals surface area (Å²) < 4.78 is 44.2. The van der Waals surface area contributed by atoms with E-state index < -0.39 is 74.9 Å². The molecule has 0 amide bonds. The van der Waals surface area contributed by atoms with Crippen LogP contribution < -0.4 is 0 Å². The number of alkyl halides is 2. The molecular formula is C26H32F2O6S. The maximum absolute atomic E-state index is 17.3. The Labute approximate surface area is 208 Å². The highest BCUT2D eigenvalue weighted by molar-refractivity contribution is 7.80. The van der Waals surface area contributed by atoms with Gasteiger partial charge < -0.3 is 19.7 Å². The Bertz CT molecular complexity index is 1040. The molecule has 1 saturated heterocycles. The van der Waals surface area contributed by atoms with Crippen LogP contribution in [0.4, 0.5) is 8.78 Å². The van der Waals surface area contributed by atoms with E-state index in [0.29, 0.717) is 19.4 Å². The zero-order valence-electron chi connectivity index (χ0n) is 20.1. The third-order valence-corrected chi connectivity index (χ3v) is 10.3. The number of halogens is 2. The van der Waals surface area contributed by atoms with E-state index in [-0.39, 0.29) is 25.0 Å². The van der Waals surface area contributed by atoms with Crippen LogP contribution in [-0.2, 0) is 19.1 Å². The SMILES string of the molecule is CC1C[C@H]2[C@@H]3C[C@H](F)C4=CC(=O)C=C[C@]4(C)[C@@]3(F)[C@@H](O)C[C@]2(C)[C@@]1(OC(=O)C1CCOC1)C(O)=S. The Hall–Kier alpha value is -1.71. The first-order chi connectivity index (χ1) is 16.3. The van der Waals surface area contributed by atoms with Gasteiger partial charge in [-0.15, -0.1) is 0 Å². The molecule has 0 spiro atoms. The molecule has 4 fully saturated rings. The molecule has 0 aromatic heterocycles. The summed E-state index contributed by atoms with van der Waals surface area (Å²) in [6.07, 6.45) is 1.09. The summed E-state index contributed by atoms with van der Waals surface area (Å²) in [5.74, 6) is -3.41. The largest absolute Gasteiger partial charge is 0.499 e. The predicted molar refractivity (Wildman–Crippen MR) is 126 cm³/mol. The average molecular weight is 511 g/mol. The van der Waals surface area contributed by atoms with Gasteiger partial charge in [-0.1, -0.05) is 19.9 Å². The summed E-state index contributed by atoms with van der Waals surface area (Å²) in [4.78, 5) is 25.1. The van der Waals surface area contributed by atoms with E-state index in [1.165, 1.54) is 19.1 Å². The van der Waals surface area contributed by atoms with Gasteiger partial charge in [0.05, 0.1) is 18.6 Å². The molecule has 192 valence electrons. The number of ether oxygens (including phenoxy) is 2. The normalized spacial score (nSPS) is 50.7. The van der Waals surface area contributed by atoms with E-state index in [1.54, 1.807) is 13.8 Å². The number of thiocarbonyl (C=S) groups is 1. The number of carbonyl (C=O) groups excluding carboxylic acids is 2. The van der Waals surface area contributed by atoms with Crippen molar-refractivity contribution >= 4 is 29.0 Å². The number of carbonyl (C=O) groups is 2. The monoisotopic (exact) mass is 510 g/mol. The highest BCUT2D eigenvalue weighted by Crippen LogP contribution is 2.71. The lowest BCUT2D eigenvalue weighted by Gasteiger charge is -2.63. The average Bonchev–Trinajstić information content (AvgIpc) is 3.39. The van der Waals surface area contributed by atoms with Gasteiger partial charge in [-0.2, -0.15) is 0 Å². The Morgan fingerprint density at radius 2 is 2.00 bits per heavy atom. The van der Waals surface area contributed by atoms with Gasteiger partial charge in [-0.25, -0.2) is 8.78 Å². The number of fused-ring (bicyclic) bond motifs is 5. The summed E-state index contributed by atoms with van der Waals surface area (Å²) in [6.45, 7) is 5.72. The topological polar surface area (TPSA) is 93.1 Å². The molecule has 2 N–H and O–H groups in total. The first-order valence-corrected chi connectivity index (χ1v) is 12.7. The number of esters is 1. The van der Waals surface area contributed by atoms with Crippen LogP contribution in [0.3, 0.4) is 0 Å². The van der Waals surface area contributed by atoms with Crippen molar-refractivity contribution in [2.45, 2.75) is 70.0 Å². The molecule has 5 rings (SSSR count). The molecule has 0 aromatic carbocycles. The van der Waals surface area contributed by atoms with E-state index in [4.69, 9.17) is 21.7 Å². The van der Waals surface area contributed by atoms with E-state index in [9.17, 15) is 19.8 Å². The fourth-order valence-electron chi connectivity index (χ4n) is 8.20. The number of rotatable bonds is 3. The van der Waals surface area contributed by atoms with Gasteiger partial charge in [0.1, 0.15) is 6.17 Å². The van der Waals surface area contributed by atoms with Crippen molar-refractivity contribution in [2.24, 2.45) is 34.5 Å². The smallest absolute Gasteiger partial charge is 0.312 e. The second-order valence-corrected chi connectivity index (χ2v) is 11.9. The second kappa shape index (κ2) is 7.89. The van der Waals surface area contributed by atoms with Crippen molar-refractivity contribution in [1.82, 2.24) is 0 Å². The predicted octanol–water partition coefficient (Wildman–Crippen LogP) is 3.76. The van der Waals surface area contributed by atoms with Crippen molar-refractivity contribution in [3.8, 4) is 0 Å². The van der Waals surface area contributed by atoms with Crippen LogP contribution in [0.5, 0.6) is 0 Å². The number of allylic oxidation sites excluding steroid dienone is 4. The lowest BCUT2D eigenvalue weighted by molar-refractivity contribution is -0.223. The van der Waals surface area contributed by atoms with Crippen molar-refractivity contribution < 1.29 is 38.1 Å². The van der Waals surface area contributed by atoms with Crippen molar-refractivity contribution in [3.05, 3.63) is 23.8 Å². The maximum Gasteiger partial charge on any atom is 0.312 e. The van der Waals surface area contributed by atoms with E-state index in [2.05, 4.69) is 0 Å². The molecule has 10 atom stereocenters. The third kappa shape index (κ3) is 3.01. The molecule has 0 bridgehead atoms. The molecule has 35 heavy (non-hydrogen) atoms. The molecule has 0 radical (unpaired) electrons. The first kappa shape index (κ1) is 25.0. The van der Waals surface area contributed by atoms with E-state index in [1.807, 2.05) is 0 Å². The van der Waals surface area contributed by atoms with Gasteiger partial charge in [0, 0.05) is 29.3 Å². The van der Waals surface area contributed by atoms with Gasteiger partial charge in [0.25, 0.3) is 0 Å². The third-order valence-electron chi connectivity index (χ3n) is 10.0. The maximum atomic E-state index is 17.3. The molecule has 1 aliphatic heterocycles. The molecule has 9 heteroatoms. The highest BCUT2D eigenvalue weighted by atomic mass is 32.1. The molecule has 5 aliphatic rings. The van der Waals surface area contributed by atoms with Gasteiger partial charge in [0.15, 0.2) is 17.1 Å². The Kier molecular flexibility index (Phi) is 5.63. The van der Waals surface area contributed by atoms with Crippen LogP contribution in [0.1, 0.15) is 46.5 Å². The van der Waals surface area contributed by atoms with Crippen molar-refractivity contribution in [2.75, 3.05) is 13.2 Å². The number of ketones is 1. The lowest BCUT2D eigenvalue weighted by atomic mass is 9.44. The minimum atomic E-state index is -2.25.